The molecule has 1 aromatic rings. The topological polar surface area (TPSA) is 120 Å². The maximum absolute atomic E-state index is 12.4. The molecule has 7 rings (SSSR count). The summed E-state index contributed by atoms with van der Waals surface area (Å²) < 4.78 is 28.3. The predicted octanol–water partition coefficient (Wildman–Crippen LogP) is 2.95. The van der Waals surface area contributed by atoms with Crippen LogP contribution in [0.4, 0.5) is 0 Å². The van der Waals surface area contributed by atoms with Gasteiger partial charge in [-0.15, -0.1) is 0 Å². The van der Waals surface area contributed by atoms with Crippen molar-refractivity contribution in [2.75, 3.05) is 13.2 Å². The Morgan fingerprint density at radius 1 is 1.00 bits per heavy atom. The third-order valence-corrected chi connectivity index (χ3v) is 9.77. The first-order chi connectivity index (χ1) is 16.2. The molecule has 9 heteroatoms. The standard InChI is InChI=1S/C21H27NO7.C4H4O/c1-18(2)12-6-13(22-25)19(3)11(20(12)9-27-15(23)7-14(20)28-18)5-4-10-8-26-17(24)16-21(10,19)29-16;1-2-4-5-3-1/h10-12,14,16,25H,4-9H2,1-3H3;1-4H/b22-13-;. The monoisotopic (exact) mass is 473 g/mol. The second kappa shape index (κ2) is 7.07. The largest absolute Gasteiger partial charge is 0.473 e. The number of nitrogens with zero attached hydrogens (tertiary/aromatic N) is 1. The molecule has 2 spiro atoms. The van der Waals surface area contributed by atoms with E-state index in [9.17, 15) is 14.8 Å². The summed E-state index contributed by atoms with van der Waals surface area (Å²) in [5.41, 5.74) is -1.52. The van der Waals surface area contributed by atoms with Crippen molar-refractivity contribution in [1.82, 2.24) is 0 Å². The zero-order valence-electron chi connectivity index (χ0n) is 19.7. The van der Waals surface area contributed by atoms with Crippen molar-refractivity contribution in [2.24, 2.45) is 33.7 Å². The van der Waals surface area contributed by atoms with Crippen LogP contribution in [0.1, 0.15) is 46.5 Å². The quantitative estimate of drug-likeness (QED) is 0.264. The van der Waals surface area contributed by atoms with Crippen LogP contribution in [-0.4, -0.2) is 59.5 Å². The lowest BCUT2D eigenvalue weighted by Gasteiger charge is -2.62. The summed E-state index contributed by atoms with van der Waals surface area (Å²) in [6.07, 6.45) is 4.88. The molecule has 8 unspecified atom stereocenters. The lowest BCUT2D eigenvalue weighted by atomic mass is 9.40. The highest BCUT2D eigenvalue weighted by molar-refractivity contribution is 5.96. The Bertz CT molecular complexity index is 1020. The highest BCUT2D eigenvalue weighted by Gasteiger charge is 2.85. The van der Waals surface area contributed by atoms with Gasteiger partial charge in [0.1, 0.15) is 12.2 Å². The van der Waals surface area contributed by atoms with Crippen LogP contribution in [0.5, 0.6) is 0 Å². The van der Waals surface area contributed by atoms with Crippen molar-refractivity contribution >= 4 is 17.7 Å². The zero-order chi connectivity index (χ0) is 23.9. The maximum Gasteiger partial charge on any atom is 0.338 e. The highest BCUT2D eigenvalue weighted by atomic mass is 16.7. The lowest BCUT2D eigenvalue weighted by molar-refractivity contribution is -0.188. The predicted molar refractivity (Wildman–Crippen MR) is 116 cm³/mol. The number of fused-ring (bicyclic) bond motifs is 1. The number of hydrogen-bond acceptors (Lipinski definition) is 9. The minimum absolute atomic E-state index is 0.0201. The van der Waals surface area contributed by atoms with Gasteiger partial charge in [0, 0.05) is 22.7 Å². The molecule has 184 valence electrons. The molecule has 34 heavy (non-hydrogen) atoms. The van der Waals surface area contributed by atoms with Crippen LogP contribution in [-0.2, 0) is 28.5 Å². The number of carbonyl (C=O) groups is 2. The van der Waals surface area contributed by atoms with Gasteiger partial charge in [0.2, 0.25) is 0 Å². The van der Waals surface area contributed by atoms with Gasteiger partial charge in [-0.2, -0.15) is 0 Å². The van der Waals surface area contributed by atoms with E-state index >= 15 is 0 Å². The Balaban J connectivity index is 0.000000388. The number of epoxide rings is 1. The van der Waals surface area contributed by atoms with Gasteiger partial charge >= 0.3 is 11.9 Å². The van der Waals surface area contributed by atoms with Crippen LogP contribution in [0, 0.1) is 28.6 Å². The van der Waals surface area contributed by atoms with E-state index in [-0.39, 0.29) is 47.6 Å². The fourth-order valence-electron chi connectivity index (χ4n) is 8.41. The van der Waals surface area contributed by atoms with Crippen LogP contribution in [0.3, 0.4) is 0 Å². The summed E-state index contributed by atoms with van der Waals surface area (Å²) in [6.45, 7) is 6.84. The van der Waals surface area contributed by atoms with Crippen LogP contribution in [0.25, 0.3) is 0 Å². The van der Waals surface area contributed by atoms with Crippen molar-refractivity contribution in [3.05, 3.63) is 24.7 Å². The molecule has 6 fully saturated rings. The fourth-order valence-corrected chi connectivity index (χ4v) is 8.41. The lowest BCUT2D eigenvalue weighted by Crippen LogP contribution is -2.70. The first-order valence-corrected chi connectivity index (χ1v) is 12.1. The minimum Gasteiger partial charge on any atom is -0.473 e. The van der Waals surface area contributed by atoms with E-state index in [4.69, 9.17) is 18.9 Å². The van der Waals surface area contributed by atoms with Gasteiger partial charge < -0.3 is 28.6 Å². The van der Waals surface area contributed by atoms with Gasteiger partial charge in [-0.25, -0.2) is 4.79 Å². The second-order valence-corrected chi connectivity index (χ2v) is 11.2. The Morgan fingerprint density at radius 3 is 2.44 bits per heavy atom. The van der Waals surface area contributed by atoms with Crippen LogP contribution in [0.2, 0.25) is 0 Å². The van der Waals surface area contributed by atoms with Crippen molar-refractivity contribution < 1.29 is 38.2 Å². The summed E-state index contributed by atoms with van der Waals surface area (Å²) in [5.74, 6) is -0.399. The summed E-state index contributed by atoms with van der Waals surface area (Å²) >= 11 is 0. The van der Waals surface area contributed by atoms with Gasteiger partial charge in [-0.3, -0.25) is 4.79 Å². The number of hydrogen-bond donors (Lipinski definition) is 1. The molecular weight excluding hydrogens is 442 g/mol. The van der Waals surface area contributed by atoms with E-state index < -0.39 is 22.7 Å². The van der Waals surface area contributed by atoms with Gasteiger partial charge in [0.15, 0.2) is 6.10 Å². The van der Waals surface area contributed by atoms with Crippen LogP contribution >= 0.6 is 0 Å². The molecule has 9 nitrogen and oxygen atoms in total. The van der Waals surface area contributed by atoms with E-state index in [1.165, 1.54) is 0 Å². The highest BCUT2D eigenvalue weighted by Crippen LogP contribution is 2.75. The number of cyclic esters (lactones) is 2. The molecule has 1 aromatic heterocycles. The van der Waals surface area contributed by atoms with Gasteiger partial charge in [0.05, 0.1) is 43.0 Å². The normalized spacial score (nSPS) is 48.6. The summed E-state index contributed by atoms with van der Waals surface area (Å²) in [7, 11) is 0. The number of esters is 2. The molecule has 4 saturated heterocycles. The number of furan rings is 1. The van der Waals surface area contributed by atoms with Crippen LogP contribution in [0.15, 0.2) is 34.2 Å². The van der Waals surface area contributed by atoms with E-state index in [0.29, 0.717) is 25.3 Å². The summed E-state index contributed by atoms with van der Waals surface area (Å²) in [4.78, 5) is 24.5. The Labute approximate surface area is 197 Å². The third kappa shape index (κ3) is 2.54. The van der Waals surface area contributed by atoms with Crippen molar-refractivity contribution in [2.45, 2.75) is 69.9 Å². The number of rotatable bonds is 0. The molecule has 0 aromatic carbocycles. The minimum atomic E-state index is -0.703. The van der Waals surface area contributed by atoms with E-state index in [1.807, 2.05) is 12.1 Å². The molecule has 6 aliphatic rings. The first kappa shape index (κ1) is 22.1. The van der Waals surface area contributed by atoms with Crippen LogP contribution < -0.4 is 0 Å². The number of oxime groups is 1. The summed E-state index contributed by atoms with van der Waals surface area (Å²) in [6, 6.07) is 3.67. The molecule has 0 amide bonds. The smallest absolute Gasteiger partial charge is 0.338 e. The Kier molecular flexibility index (Phi) is 4.60. The molecule has 0 bridgehead atoms. The summed E-state index contributed by atoms with van der Waals surface area (Å²) in [5, 5.41) is 13.9. The Hall–Kier alpha value is -2.39. The third-order valence-electron chi connectivity index (χ3n) is 9.77. The molecule has 2 aliphatic carbocycles. The molecule has 0 radical (unpaired) electrons. The van der Waals surface area contributed by atoms with E-state index in [2.05, 4.69) is 30.3 Å². The Morgan fingerprint density at radius 2 is 1.76 bits per heavy atom. The molecule has 5 heterocycles. The average molecular weight is 474 g/mol. The molecule has 2 saturated carbocycles. The van der Waals surface area contributed by atoms with Gasteiger partial charge in [0.25, 0.3) is 0 Å². The maximum atomic E-state index is 12.4. The van der Waals surface area contributed by atoms with Crippen molar-refractivity contribution in [1.29, 1.82) is 0 Å². The second-order valence-electron chi connectivity index (χ2n) is 11.2. The van der Waals surface area contributed by atoms with Crippen molar-refractivity contribution in [3.8, 4) is 0 Å². The molecule has 8 atom stereocenters. The number of carbonyl (C=O) groups excluding carboxylic acids is 2. The molecular formula is C25H31NO8. The van der Waals surface area contributed by atoms with E-state index in [0.717, 1.165) is 12.8 Å². The zero-order valence-corrected chi connectivity index (χ0v) is 19.7. The van der Waals surface area contributed by atoms with Gasteiger partial charge in [-0.1, -0.05) is 12.1 Å². The molecule has 4 aliphatic heterocycles. The van der Waals surface area contributed by atoms with Gasteiger partial charge in [-0.05, 0) is 51.2 Å². The molecule has 1 N–H and O–H groups in total. The SMILES string of the molecule is CC1(C)OC2CC(=O)OCC23C1C/C(=N/O)C1(C)C3CCC2COC(=O)C3OC231.c1ccoc1. The number of ether oxygens (including phenoxy) is 4. The van der Waals surface area contributed by atoms with E-state index in [1.54, 1.807) is 12.5 Å². The first-order valence-electron chi connectivity index (χ1n) is 12.1. The average Bonchev–Trinajstić information content (AvgIpc) is 3.19. The van der Waals surface area contributed by atoms with Crippen molar-refractivity contribution in [3.63, 3.8) is 0 Å². The fraction of sp³-hybridized carbons (Fsp3) is 0.720.